The van der Waals surface area contributed by atoms with Gasteiger partial charge in [0, 0.05) is 39.4 Å². The lowest BCUT2D eigenvalue weighted by molar-refractivity contribution is -0.265. The van der Waals surface area contributed by atoms with Crippen LogP contribution in [0.3, 0.4) is 0 Å². The van der Waals surface area contributed by atoms with E-state index in [4.69, 9.17) is 15.2 Å². The summed E-state index contributed by atoms with van der Waals surface area (Å²) in [5.74, 6) is -1.86. The minimum Gasteiger partial charge on any atom is -0.489 e. The van der Waals surface area contributed by atoms with Gasteiger partial charge in [-0.1, -0.05) is 12.1 Å². The number of hydrogen-bond donors (Lipinski definition) is 3. The number of halogens is 4. The molecule has 1 fully saturated rings. The number of primary amides is 1. The van der Waals surface area contributed by atoms with E-state index in [-0.39, 0.29) is 45.3 Å². The molecule has 1 aliphatic heterocycles. The van der Waals surface area contributed by atoms with Crippen molar-refractivity contribution in [2.75, 3.05) is 20.3 Å². The molecule has 4 aromatic heterocycles. The molecule has 1 aromatic carbocycles. The number of fused-ring (bicyclic) bond motifs is 3. The van der Waals surface area contributed by atoms with Crippen LogP contribution in [0.4, 0.5) is 17.6 Å². The number of benzene rings is 1. The van der Waals surface area contributed by atoms with E-state index >= 15 is 0 Å². The van der Waals surface area contributed by atoms with Crippen molar-refractivity contribution in [2.24, 2.45) is 5.73 Å². The van der Waals surface area contributed by atoms with Crippen LogP contribution < -0.4 is 20.5 Å². The summed E-state index contributed by atoms with van der Waals surface area (Å²) in [5, 5.41) is 20.0. The van der Waals surface area contributed by atoms with E-state index in [0.29, 0.717) is 16.8 Å². The molecule has 0 radical (unpaired) electrons. The van der Waals surface area contributed by atoms with Crippen LogP contribution in [0.5, 0.6) is 11.6 Å². The number of alkyl halides is 3. The van der Waals surface area contributed by atoms with Crippen LogP contribution in [0.25, 0.3) is 26.9 Å². The Morgan fingerprint density at radius 1 is 1.23 bits per heavy atom. The van der Waals surface area contributed by atoms with Crippen molar-refractivity contribution in [3.8, 4) is 22.9 Å². The molecule has 0 bridgehead atoms. The lowest BCUT2D eigenvalue weighted by Gasteiger charge is -2.31. The van der Waals surface area contributed by atoms with Crippen LogP contribution >= 0.6 is 11.3 Å². The Morgan fingerprint density at radius 2 is 2.00 bits per heavy atom. The summed E-state index contributed by atoms with van der Waals surface area (Å²) in [4.78, 5) is 30.1. The van der Waals surface area contributed by atoms with Gasteiger partial charge < -0.3 is 25.6 Å². The highest BCUT2D eigenvalue weighted by atomic mass is 32.1. The SMILES string of the molecule is COc1cc(C(=O)NC[C@](O)(c2cc3c(c(-c4csc5c(F)cccc45)n2)OC[C@]3(C)C(N)=O)C(F)(F)F)cc2cc(C3CC3)nn12. The number of nitrogens with two attached hydrogens (primary N) is 1. The molecule has 5 aromatic rings. The van der Waals surface area contributed by atoms with Gasteiger partial charge in [-0.2, -0.15) is 18.3 Å². The Morgan fingerprint density at radius 3 is 2.68 bits per heavy atom. The van der Waals surface area contributed by atoms with E-state index in [2.05, 4.69) is 15.4 Å². The minimum absolute atomic E-state index is 0.0145. The summed E-state index contributed by atoms with van der Waals surface area (Å²) in [5.41, 5.74) is 0.809. The highest BCUT2D eigenvalue weighted by molar-refractivity contribution is 7.17. The van der Waals surface area contributed by atoms with E-state index in [1.54, 1.807) is 12.1 Å². The molecule has 1 saturated carbocycles. The van der Waals surface area contributed by atoms with Crippen molar-refractivity contribution in [1.29, 1.82) is 0 Å². The van der Waals surface area contributed by atoms with E-state index in [0.717, 1.165) is 35.9 Å². The summed E-state index contributed by atoms with van der Waals surface area (Å²) in [6.45, 7) is -0.230. The number of aromatic nitrogens is 3. The Hall–Kier alpha value is -4.76. The molecule has 0 unspecified atom stereocenters. The van der Waals surface area contributed by atoms with Gasteiger partial charge >= 0.3 is 6.18 Å². The van der Waals surface area contributed by atoms with Gasteiger partial charge in [-0.25, -0.2) is 13.9 Å². The Bertz CT molecular complexity index is 2110. The van der Waals surface area contributed by atoms with Gasteiger partial charge in [-0.3, -0.25) is 9.59 Å². The van der Waals surface area contributed by atoms with E-state index in [9.17, 15) is 32.3 Å². The van der Waals surface area contributed by atoms with Gasteiger partial charge in [0.1, 0.15) is 29.3 Å². The first-order valence-electron chi connectivity index (χ1n) is 14.5. The summed E-state index contributed by atoms with van der Waals surface area (Å²) in [6.07, 6.45) is -3.40. The third kappa shape index (κ3) is 4.87. The monoisotopic (exact) mass is 669 g/mol. The molecule has 5 heterocycles. The Labute approximate surface area is 268 Å². The molecule has 0 spiro atoms. The van der Waals surface area contributed by atoms with Gasteiger partial charge in [0.15, 0.2) is 0 Å². The number of amides is 2. The molecule has 2 amide bonds. The van der Waals surface area contributed by atoms with Gasteiger partial charge in [0.05, 0.1) is 35.3 Å². The maximum Gasteiger partial charge on any atom is 0.424 e. The molecule has 2 atom stereocenters. The van der Waals surface area contributed by atoms with Crippen molar-refractivity contribution >= 4 is 38.8 Å². The molecular weight excluding hydrogens is 642 g/mol. The highest BCUT2D eigenvalue weighted by Crippen LogP contribution is 2.49. The van der Waals surface area contributed by atoms with Gasteiger partial charge in [-0.05, 0) is 44.0 Å². The Kier molecular flexibility index (Phi) is 6.99. The molecule has 0 saturated heterocycles. The zero-order valence-electron chi connectivity index (χ0n) is 24.9. The van der Waals surface area contributed by atoms with Gasteiger partial charge in [-0.15, -0.1) is 11.3 Å². The molecule has 1 aliphatic carbocycles. The number of hydrogen-bond acceptors (Lipinski definition) is 8. The predicted molar refractivity (Wildman–Crippen MR) is 163 cm³/mol. The lowest BCUT2D eigenvalue weighted by Crippen LogP contribution is -2.51. The third-order valence-electron chi connectivity index (χ3n) is 8.83. The maximum atomic E-state index is 14.9. The minimum atomic E-state index is -5.36. The standard InChI is InChI=1S/C32H27F4N5O5S/c1-30(29(37)43)14-46-26-20(30)11-23(39-25(26)19-12-47-27-18(19)4-3-5-21(27)33)31(44,32(34,35)36)13-38-28(42)16-8-17-10-22(15-6-7-15)40-41(17)24(9-16)45-2/h3-5,8-12,15,44H,6-7,13-14H2,1-2H3,(H2,37,43)(H,38,42)/t30-,31-/m0/s1. The van der Waals surface area contributed by atoms with Gasteiger partial charge in [0.2, 0.25) is 17.4 Å². The van der Waals surface area contributed by atoms with Crippen molar-refractivity contribution in [2.45, 2.75) is 42.9 Å². The fraction of sp³-hybridized carbons (Fsp3) is 0.312. The smallest absolute Gasteiger partial charge is 0.424 e. The van der Waals surface area contributed by atoms with Gasteiger partial charge in [0.25, 0.3) is 5.91 Å². The zero-order valence-corrected chi connectivity index (χ0v) is 25.8. The number of ether oxygens (including phenoxy) is 2. The summed E-state index contributed by atoms with van der Waals surface area (Å²) >= 11 is 1.01. The number of methoxy groups -OCH3 is 1. The fourth-order valence-electron chi connectivity index (χ4n) is 5.78. The summed E-state index contributed by atoms with van der Waals surface area (Å²) < 4.78 is 72.2. The molecule has 10 nitrogen and oxygen atoms in total. The normalized spacial score (nSPS) is 19.0. The van der Waals surface area contributed by atoms with Crippen molar-refractivity contribution < 1.29 is 41.7 Å². The second kappa shape index (κ2) is 10.6. The van der Waals surface area contributed by atoms with E-state index in [1.165, 1.54) is 48.2 Å². The summed E-state index contributed by atoms with van der Waals surface area (Å²) in [7, 11) is 1.38. The first-order chi connectivity index (χ1) is 22.2. The fourth-order valence-corrected chi connectivity index (χ4v) is 6.74. The third-order valence-corrected chi connectivity index (χ3v) is 9.84. The van der Waals surface area contributed by atoms with Crippen LogP contribution in [0.2, 0.25) is 0 Å². The van der Waals surface area contributed by atoms with Crippen LogP contribution in [0.1, 0.15) is 53.0 Å². The molecule has 15 heteroatoms. The average molecular weight is 670 g/mol. The predicted octanol–water partition coefficient (Wildman–Crippen LogP) is 4.95. The average Bonchev–Trinajstić information content (AvgIpc) is 3.48. The van der Waals surface area contributed by atoms with Crippen molar-refractivity contribution in [3.63, 3.8) is 0 Å². The number of nitrogens with one attached hydrogen (secondary N) is 1. The number of carbonyl (C=O) groups is 2. The Balaban J connectivity index is 1.31. The largest absolute Gasteiger partial charge is 0.489 e. The van der Waals surface area contributed by atoms with Crippen LogP contribution in [0.15, 0.2) is 47.8 Å². The van der Waals surface area contributed by atoms with E-state index < -0.39 is 47.1 Å². The first-order valence-corrected chi connectivity index (χ1v) is 15.4. The molecular formula is C32H27F4N5O5S. The molecule has 4 N–H and O–H groups in total. The molecule has 47 heavy (non-hydrogen) atoms. The topological polar surface area (TPSA) is 141 Å². The number of nitrogens with zero attached hydrogens (tertiary/aromatic N) is 3. The quantitative estimate of drug-likeness (QED) is 0.199. The molecule has 2 aliphatic rings. The molecule has 7 rings (SSSR count). The second-order valence-electron chi connectivity index (χ2n) is 12.0. The number of carbonyl (C=O) groups excluding carboxylic acids is 2. The number of aliphatic hydroxyl groups is 1. The van der Waals surface area contributed by atoms with Crippen LogP contribution in [-0.2, 0) is 15.8 Å². The lowest BCUT2D eigenvalue weighted by atomic mass is 9.81. The van der Waals surface area contributed by atoms with E-state index in [1.807, 2.05) is 0 Å². The number of rotatable bonds is 8. The van der Waals surface area contributed by atoms with Crippen LogP contribution in [-0.4, -0.2) is 58.0 Å². The number of pyridine rings is 2. The highest BCUT2D eigenvalue weighted by Gasteiger charge is 2.58. The van der Waals surface area contributed by atoms with Crippen LogP contribution in [0, 0.1) is 5.82 Å². The first kappa shape index (κ1) is 30.9. The molecule has 244 valence electrons. The van der Waals surface area contributed by atoms with Crippen molar-refractivity contribution in [1.82, 2.24) is 19.9 Å². The maximum absolute atomic E-state index is 14.9. The number of thiophene rings is 1. The summed E-state index contributed by atoms with van der Waals surface area (Å²) in [6, 6.07) is 9.77. The second-order valence-corrected chi connectivity index (χ2v) is 12.9. The zero-order chi connectivity index (χ0) is 33.5. The van der Waals surface area contributed by atoms with Crippen molar-refractivity contribution in [3.05, 3.63) is 76.2 Å².